The summed E-state index contributed by atoms with van der Waals surface area (Å²) in [4.78, 5) is 43.1. The van der Waals surface area contributed by atoms with Crippen molar-refractivity contribution in [2.24, 2.45) is 0 Å². The van der Waals surface area contributed by atoms with Crippen molar-refractivity contribution < 1.29 is 24.3 Å². The molecule has 8 nitrogen and oxygen atoms in total. The van der Waals surface area contributed by atoms with Crippen molar-refractivity contribution >= 4 is 34.2 Å². The zero-order chi connectivity index (χ0) is 24.2. The number of para-hydroxylation sites is 1. The molecule has 1 aromatic heterocycles. The highest BCUT2D eigenvalue weighted by atomic mass is 32.1. The van der Waals surface area contributed by atoms with Crippen LogP contribution >= 0.6 is 11.3 Å². The van der Waals surface area contributed by atoms with Crippen LogP contribution in [0.4, 0.5) is 9.80 Å². The van der Waals surface area contributed by atoms with E-state index in [0.717, 1.165) is 30.6 Å². The predicted octanol–water partition coefficient (Wildman–Crippen LogP) is 5.69. The fourth-order valence-electron chi connectivity index (χ4n) is 3.29. The highest BCUT2D eigenvalue weighted by Crippen LogP contribution is 2.34. The first kappa shape index (κ1) is 26.2. The number of unbranched alkanes of at least 4 members (excludes halogenated alkanes) is 5. The average Bonchev–Trinajstić information content (AvgIpc) is 3.12. The van der Waals surface area contributed by atoms with Crippen molar-refractivity contribution in [1.82, 2.24) is 10.4 Å². The van der Waals surface area contributed by atoms with E-state index < -0.39 is 17.9 Å². The molecule has 0 aliphatic carbocycles. The van der Waals surface area contributed by atoms with Gasteiger partial charge in [-0.3, -0.25) is 10.1 Å². The molecule has 2 aromatic rings. The molecule has 0 unspecified atom stereocenters. The minimum Gasteiger partial charge on any atom is -0.478 e. The Morgan fingerprint density at radius 1 is 1.03 bits per heavy atom. The van der Waals surface area contributed by atoms with Crippen LogP contribution in [-0.4, -0.2) is 41.2 Å². The summed E-state index contributed by atoms with van der Waals surface area (Å²) in [6.45, 7) is 6.25. The number of carboxylic acid groups (broad SMARTS) is 1. The summed E-state index contributed by atoms with van der Waals surface area (Å²) in [6, 6.07) is 8.38. The molecule has 0 saturated carbocycles. The smallest absolute Gasteiger partial charge is 0.339 e. The minimum atomic E-state index is -1.21. The molecular formula is C24H33N3O5S. The zero-order valence-corrected chi connectivity index (χ0v) is 20.3. The van der Waals surface area contributed by atoms with Crippen molar-refractivity contribution in [1.29, 1.82) is 0 Å². The van der Waals surface area contributed by atoms with Crippen molar-refractivity contribution in [3.63, 3.8) is 0 Å². The van der Waals surface area contributed by atoms with Gasteiger partial charge in [0.1, 0.15) is 9.88 Å². The van der Waals surface area contributed by atoms with Crippen LogP contribution in [0.3, 0.4) is 0 Å². The van der Waals surface area contributed by atoms with Gasteiger partial charge in [-0.2, -0.15) is 5.06 Å². The third-order valence-electron chi connectivity index (χ3n) is 5.07. The molecule has 0 fully saturated rings. The lowest BCUT2D eigenvalue weighted by Crippen LogP contribution is -2.34. The molecule has 180 valence electrons. The van der Waals surface area contributed by atoms with Gasteiger partial charge in [0.15, 0.2) is 5.75 Å². The number of nitrogens with one attached hydrogen (secondary N) is 2. The minimum absolute atomic E-state index is 0.0890. The summed E-state index contributed by atoms with van der Waals surface area (Å²) in [5.41, 5.74) is 0.202. The Morgan fingerprint density at radius 2 is 1.70 bits per heavy atom. The number of thiophene rings is 1. The fourth-order valence-corrected chi connectivity index (χ4v) is 4.42. The monoisotopic (exact) mass is 475 g/mol. The second kappa shape index (κ2) is 13.5. The van der Waals surface area contributed by atoms with E-state index in [-0.39, 0.29) is 22.0 Å². The van der Waals surface area contributed by atoms with E-state index >= 15 is 0 Å². The maximum atomic E-state index is 13.1. The summed E-state index contributed by atoms with van der Waals surface area (Å²) in [5, 5.41) is 16.3. The SMILES string of the molecule is CCCCCCCCNC(=O)Nc1sc(C(=O)N(CC)Oc2ccccc2)c(C)c1C(=O)O. The number of hydrogen-bond acceptors (Lipinski definition) is 5. The van der Waals surface area contributed by atoms with Gasteiger partial charge in [-0.05, 0) is 38.0 Å². The molecule has 0 bridgehead atoms. The molecule has 0 radical (unpaired) electrons. The average molecular weight is 476 g/mol. The number of hydroxylamine groups is 2. The van der Waals surface area contributed by atoms with Gasteiger partial charge in [0.05, 0.1) is 12.1 Å². The Hall–Kier alpha value is -3.07. The van der Waals surface area contributed by atoms with Gasteiger partial charge in [-0.15, -0.1) is 11.3 Å². The normalized spacial score (nSPS) is 10.5. The topological polar surface area (TPSA) is 108 Å². The molecule has 9 heteroatoms. The van der Waals surface area contributed by atoms with E-state index in [1.165, 1.54) is 24.3 Å². The van der Waals surface area contributed by atoms with Gasteiger partial charge in [-0.25, -0.2) is 9.59 Å². The molecule has 0 aliphatic rings. The standard InChI is InChI=1S/C24H33N3O5S/c1-4-6-7-8-9-13-16-25-24(31)26-21-19(23(29)30)17(3)20(33-21)22(28)27(5-2)32-18-14-11-10-12-15-18/h10-12,14-15H,4-9,13,16H2,1-3H3,(H,29,30)(H2,25,26,31). The number of anilines is 1. The number of urea groups is 1. The first-order valence-corrected chi connectivity index (χ1v) is 12.2. The second-order valence-electron chi connectivity index (χ2n) is 7.62. The van der Waals surface area contributed by atoms with Crippen molar-refractivity contribution in [2.75, 3.05) is 18.4 Å². The van der Waals surface area contributed by atoms with Crippen LogP contribution in [0.5, 0.6) is 5.75 Å². The van der Waals surface area contributed by atoms with E-state index in [2.05, 4.69) is 17.6 Å². The quantitative estimate of drug-likeness (QED) is 0.255. The number of benzene rings is 1. The van der Waals surface area contributed by atoms with Gasteiger partial charge in [0, 0.05) is 6.54 Å². The number of carbonyl (C=O) groups is 3. The summed E-state index contributed by atoms with van der Waals surface area (Å²) in [5.74, 6) is -1.18. The lowest BCUT2D eigenvalue weighted by Gasteiger charge is -2.20. The molecule has 3 amide bonds. The Balaban J connectivity index is 2.05. The maximum absolute atomic E-state index is 13.1. The van der Waals surface area contributed by atoms with Crippen molar-refractivity contribution in [2.45, 2.75) is 59.3 Å². The maximum Gasteiger partial charge on any atom is 0.339 e. The largest absolute Gasteiger partial charge is 0.478 e. The van der Waals surface area contributed by atoms with Gasteiger partial charge in [-0.1, -0.05) is 57.2 Å². The van der Waals surface area contributed by atoms with Crippen molar-refractivity contribution in [3.05, 3.63) is 46.3 Å². The molecule has 0 saturated heterocycles. The number of rotatable bonds is 13. The Kier molecular flexibility index (Phi) is 10.7. The molecular weight excluding hydrogens is 442 g/mol. The third kappa shape index (κ3) is 7.78. The van der Waals surface area contributed by atoms with Crippen LogP contribution in [0.25, 0.3) is 0 Å². The molecule has 2 rings (SSSR count). The first-order valence-electron chi connectivity index (χ1n) is 11.3. The van der Waals surface area contributed by atoms with Crippen LogP contribution < -0.4 is 15.5 Å². The molecule has 33 heavy (non-hydrogen) atoms. The molecule has 0 atom stereocenters. The van der Waals surface area contributed by atoms with E-state index in [1.807, 2.05) is 6.07 Å². The van der Waals surface area contributed by atoms with Crippen molar-refractivity contribution in [3.8, 4) is 5.75 Å². The Morgan fingerprint density at radius 3 is 2.33 bits per heavy atom. The number of nitrogens with zero attached hydrogens (tertiary/aromatic N) is 1. The molecule has 1 heterocycles. The van der Waals surface area contributed by atoms with E-state index in [0.29, 0.717) is 17.9 Å². The lowest BCUT2D eigenvalue weighted by atomic mass is 10.1. The summed E-state index contributed by atoms with van der Waals surface area (Å²) >= 11 is 0.934. The summed E-state index contributed by atoms with van der Waals surface area (Å²) in [7, 11) is 0. The highest BCUT2D eigenvalue weighted by Gasteiger charge is 2.28. The highest BCUT2D eigenvalue weighted by molar-refractivity contribution is 7.18. The van der Waals surface area contributed by atoms with Gasteiger partial charge in [0.2, 0.25) is 0 Å². The number of aromatic carboxylic acids is 1. The lowest BCUT2D eigenvalue weighted by molar-refractivity contribution is -0.0290. The van der Waals surface area contributed by atoms with Crippen LogP contribution in [0.2, 0.25) is 0 Å². The second-order valence-corrected chi connectivity index (χ2v) is 8.64. The van der Waals surface area contributed by atoms with Crippen LogP contribution in [0.1, 0.15) is 78.0 Å². The first-order chi connectivity index (χ1) is 15.9. The van der Waals surface area contributed by atoms with Gasteiger partial charge >= 0.3 is 12.0 Å². The molecule has 1 aromatic carbocycles. The van der Waals surface area contributed by atoms with E-state index in [9.17, 15) is 19.5 Å². The number of amides is 3. The molecule has 0 spiro atoms. The Labute approximate surface area is 198 Å². The number of carboxylic acids is 1. The van der Waals surface area contributed by atoms with E-state index in [1.54, 1.807) is 38.1 Å². The predicted molar refractivity (Wildman–Crippen MR) is 130 cm³/mol. The number of carbonyl (C=O) groups excluding carboxylic acids is 2. The number of hydrogen-bond donors (Lipinski definition) is 3. The third-order valence-corrected chi connectivity index (χ3v) is 6.27. The van der Waals surface area contributed by atoms with Crippen LogP contribution in [0.15, 0.2) is 30.3 Å². The van der Waals surface area contributed by atoms with Gasteiger partial charge in [0.25, 0.3) is 5.91 Å². The fraction of sp³-hybridized carbons (Fsp3) is 0.458. The summed E-state index contributed by atoms with van der Waals surface area (Å²) < 4.78 is 0. The molecule has 3 N–H and O–H groups in total. The van der Waals surface area contributed by atoms with Crippen LogP contribution in [0, 0.1) is 6.92 Å². The van der Waals surface area contributed by atoms with Crippen LogP contribution in [-0.2, 0) is 0 Å². The van der Waals surface area contributed by atoms with Gasteiger partial charge < -0.3 is 15.3 Å². The summed E-state index contributed by atoms with van der Waals surface area (Å²) in [6.07, 6.45) is 6.62. The van der Waals surface area contributed by atoms with E-state index in [4.69, 9.17) is 4.84 Å². The molecule has 0 aliphatic heterocycles. The zero-order valence-electron chi connectivity index (χ0n) is 19.5. The Bertz CT molecular complexity index is 930.